The minimum Gasteiger partial charge on any atom is -0.351 e. The number of amides is 3. The number of para-hydroxylation sites is 2. The second-order valence-corrected chi connectivity index (χ2v) is 8.43. The van der Waals surface area contributed by atoms with Crippen LogP contribution in [0.4, 0.5) is 16.2 Å². The molecule has 0 radical (unpaired) electrons. The van der Waals surface area contributed by atoms with Gasteiger partial charge in [0.1, 0.15) is 18.1 Å². The van der Waals surface area contributed by atoms with Gasteiger partial charge in [-0.3, -0.25) is 4.79 Å². The van der Waals surface area contributed by atoms with Crippen molar-refractivity contribution in [2.75, 3.05) is 16.9 Å². The van der Waals surface area contributed by atoms with Gasteiger partial charge in [-0.1, -0.05) is 18.2 Å². The van der Waals surface area contributed by atoms with Crippen molar-refractivity contribution in [2.24, 2.45) is 5.73 Å². The maximum atomic E-state index is 12.6. The molecule has 0 atom stereocenters. The topological polar surface area (TPSA) is 136 Å². The summed E-state index contributed by atoms with van der Waals surface area (Å²) < 4.78 is 25.0. The first-order chi connectivity index (χ1) is 13.2. The summed E-state index contributed by atoms with van der Waals surface area (Å²) >= 11 is 0. The summed E-state index contributed by atoms with van der Waals surface area (Å²) in [7, 11) is -3.33. The van der Waals surface area contributed by atoms with Crippen molar-refractivity contribution >= 4 is 44.2 Å². The van der Waals surface area contributed by atoms with Crippen molar-refractivity contribution in [1.29, 1.82) is 0 Å². The Labute approximate surface area is 161 Å². The largest absolute Gasteiger partial charge is 0.351 e. The van der Waals surface area contributed by atoms with Crippen LogP contribution in [-0.4, -0.2) is 36.2 Å². The first-order valence-electron chi connectivity index (χ1n) is 8.29. The number of carbonyl (C=O) groups excluding carboxylic acids is 2. The number of hydrogen-bond donors (Lipinski definition) is 3. The van der Waals surface area contributed by atoms with Crippen LogP contribution in [0, 0.1) is 0 Å². The van der Waals surface area contributed by atoms with Gasteiger partial charge in [0.2, 0.25) is 5.91 Å². The molecule has 0 saturated heterocycles. The molecule has 0 bridgehead atoms. The van der Waals surface area contributed by atoms with Crippen molar-refractivity contribution in [1.82, 2.24) is 9.55 Å². The molecule has 28 heavy (non-hydrogen) atoms. The fourth-order valence-electron chi connectivity index (χ4n) is 2.81. The Morgan fingerprint density at radius 2 is 1.75 bits per heavy atom. The summed E-state index contributed by atoms with van der Waals surface area (Å²) in [5.41, 5.74) is 7.27. The van der Waals surface area contributed by atoms with E-state index < -0.39 is 15.9 Å². The lowest BCUT2D eigenvalue weighted by molar-refractivity contribution is -0.116. The molecule has 3 amide bonds. The fourth-order valence-corrected chi connectivity index (χ4v) is 3.50. The highest BCUT2D eigenvalue weighted by Crippen LogP contribution is 2.19. The molecule has 9 nitrogen and oxygen atoms in total. The molecule has 1 aromatic heterocycles. The molecular formula is C18H19N5O4S. The zero-order valence-corrected chi connectivity index (χ0v) is 15.9. The van der Waals surface area contributed by atoms with Crippen molar-refractivity contribution in [3.63, 3.8) is 0 Å². The maximum absolute atomic E-state index is 12.6. The average molecular weight is 401 g/mol. The van der Waals surface area contributed by atoms with Crippen molar-refractivity contribution in [3.8, 4) is 0 Å². The van der Waals surface area contributed by atoms with Gasteiger partial charge in [-0.05, 0) is 30.3 Å². The summed E-state index contributed by atoms with van der Waals surface area (Å²) in [6.45, 7) is -0.112. The monoisotopic (exact) mass is 401 g/mol. The summed E-state index contributed by atoms with van der Waals surface area (Å²) in [4.78, 5) is 27.9. The SMILES string of the molecule is CS(=O)(=O)Cc1nc2ccccc2n1CC(=O)Nc1cccc(NC(N)=O)c1. The van der Waals surface area contributed by atoms with E-state index in [4.69, 9.17) is 5.73 Å². The summed E-state index contributed by atoms with van der Waals surface area (Å²) in [6, 6.07) is 12.9. The first kappa shape index (κ1) is 19.4. The normalized spacial score (nSPS) is 11.3. The van der Waals surface area contributed by atoms with Gasteiger partial charge in [0.25, 0.3) is 0 Å². The highest BCUT2D eigenvalue weighted by molar-refractivity contribution is 7.89. The molecule has 0 unspecified atom stereocenters. The molecule has 146 valence electrons. The van der Waals surface area contributed by atoms with Gasteiger partial charge in [0.15, 0.2) is 9.84 Å². The molecule has 3 aromatic rings. The van der Waals surface area contributed by atoms with Crippen LogP contribution < -0.4 is 16.4 Å². The van der Waals surface area contributed by atoms with E-state index in [9.17, 15) is 18.0 Å². The van der Waals surface area contributed by atoms with Gasteiger partial charge in [0.05, 0.1) is 11.0 Å². The minimum absolute atomic E-state index is 0.112. The van der Waals surface area contributed by atoms with E-state index in [0.717, 1.165) is 6.26 Å². The third-order valence-electron chi connectivity index (χ3n) is 3.84. The van der Waals surface area contributed by atoms with Crippen LogP contribution in [0.2, 0.25) is 0 Å². The Bertz CT molecular complexity index is 1150. The van der Waals surface area contributed by atoms with E-state index in [1.807, 2.05) is 0 Å². The highest BCUT2D eigenvalue weighted by atomic mass is 32.2. The van der Waals surface area contributed by atoms with E-state index >= 15 is 0 Å². The third kappa shape index (κ3) is 4.86. The van der Waals surface area contributed by atoms with E-state index in [-0.39, 0.29) is 18.2 Å². The predicted octanol–water partition coefficient (Wildman–Crippen LogP) is 1.71. The Morgan fingerprint density at radius 1 is 1.07 bits per heavy atom. The predicted molar refractivity (Wildman–Crippen MR) is 107 cm³/mol. The first-order valence-corrected chi connectivity index (χ1v) is 10.4. The summed E-state index contributed by atoms with van der Waals surface area (Å²) in [5.74, 6) is -0.343. The number of fused-ring (bicyclic) bond motifs is 1. The van der Waals surface area contributed by atoms with Crippen molar-refractivity contribution in [3.05, 3.63) is 54.4 Å². The van der Waals surface area contributed by atoms with Gasteiger partial charge in [-0.2, -0.15) is 0 Å². The Kier molecular flexibility index (Phi) is 5.32. The zero-order valence-electron chi connectivity index (χ0n) is 15.0. The number of rotatable bonds is 6. The summed E-state index contributed by atoms with van der Waals surface area (Å²) in [6.07, 6.45) is 1.12. The number of primary amides is 1. The number of benzene rings is 2. The molecule has 2 aromatic carbocycles. The molecule has 0 fully saturated rings. The van der Waals surface area contributed by atoms with Crippen molar-refractivity contribution < 1.29 is 18.0 Å². The smallest absolute Gasteiger partial charge is 0.316 e. The van der Waals surface area contributed by atoms with Crippen LogP contribution >= 0.6 is 0 Å². The lowest BCUT2D eigenvalue weighted by Crippen LogP contribution is -2.22. The number of nitrogens with zero attached hydrogens (tertiary/aromatic N) is 2. The number of carbonyl (C=O) groups is 2. The van der Waals surface area contributed by atoms with Crippen LogP contribution in [0.25, 0.3) is 11.0 Å². The molecule has 1 heterocycles. The second-order valence-electron chi connectivity index (χ2n) is 6.29. The lowest BCUT2D eigenvalue weighted by Gasteiger charge is -2.11. The molecule has 0 aliphatic heterocycles. The van der Waals surface area contributed by atoms with Crippen LogP contribution in [-0.2, 0) is 26.9 Å². The lowest BCUT2D eigenvalue weighted by atomic mass is 10.2. The number of hydrogen-bond acceptors (Lipinski definition) is 5. The summed E-state index contributed by atoms with van der Waals surface area (Å²) in [5, 5.41) is 5.15. The van der Waals surface area contributed by atoms with Gasteiger partial charge in [0, 0.05) is 17.6 Å². The number of urea groups is 1. The number of aromatic nitrogens is 2. The van der Waals surface area contributed by atoms with E-state index in [2.05, 4.69) is 15.6 Å². The molecule has 3 rings (SSSR count). The van der Waals surface area contributed by atoms with Gasteiger partial charge in [-0.25, -0.2) is 18.2 Å². The molecule has 0 saturated carbocycles. The fraction of sp³-hybridized carbons (Fsp3) is 0.167. The molecular weight excluding hydrogens is 382 g/mol. The standard InChI is InChI=1S/C18H19N5O4S/c1-28(26,27)11-16-22-14-7-2-3-8-15(14)23(16)10-17(24)20-12-5-4-6-13(9-12)21-18(19)25/h2-9H,10-11H2,1H3,(H,20,24)(H3,19,21,25). The van der Waals surface area contributed by atoms with Crippen LogP contribution in [0.15, 0.2) is 48.5 Å². The number of anilines is 2. The second kappa shape index (κ2) is 7.69. The van der Waals surface area contributed by atoms with E-state index in [1.165, 1.54) is 0 Å². The molecule has 0 spiro atoms. The van der Waals surface area contributed by atoms with Crippen LogP contribution in [0.5, 0.6) is 0 Å². The molecule has 0 aliphatic carbocycles. The number of nitrogens with two attached hydrogens (primary N) is 1. The third-order valence-corrected chi connectivity index (χ3v) is 4.62. The number of sulfone groups is 1. The Morgan fingerprint density at radius 3 is 2.43 bits per heavy atom. The van der Waals surface area contributed by atoms with Crippen LogP contribution in [0.3, 0.4) is 0 Å². The molecule has 10 heteroatoms. The number of nitrogens with one attached hydrogen (secondary N) is 2. The minimum atomic E-state index is -3.33. The zero-order chi connectivity index (χ0) is 20.3. The average Bonchev–Trinajstić information content (AvgIpc) is 2.90. The van der Waals surface area contributed by atoms with Gasteiger partial charge >= 0.3 is 6.03 Å². The highest BCUT2D eigenvalue weighted by Gasteiger charge is 2.17. The maximum Gasteiger partial charge on any atom is 0.316 e. The van der Waals surface area contributed by atoms with E-state index in [0.29, 0.717) is 28.2 Å². The quantitative estimate of drug-likeness (QED) is 0.578. The molecule has 4 N–H and O–H groups in total. The Balaban J connectivity index is 1.85. The van der Waals surface area contributed by atoms with Gasteiger partial charge < -0.3 is 20.9 Å². The van der Waals surface area contributed by atoms with Crippen LogP contribution in [0.1, 0.15) is 5.82 Å². The Hall–Kier alpha value is -3.40. The van der Waals surface area contributed by atoms with Gasteiger partial charge in [-0.15, -0.1) is 0 Å². The van der Waals surface area contributed by atoms with Crippen molar-refractivity contribution in [2.45, 2.75) is 12.3 Å². The van der Waals surface area contributed by atoms with E-state index in [1.54, 1.807) is 53.1 Å². The number of imidazole rings is 1. The molecule has 0 aliphatic rings.